The Labute approximate surface area is 220 Å². The Morgan fingerprint density at radius 2 is 1.05 bits per heavy atom. The van der Waals surface area contributed by atoms with Gasteiger partial charge < -0.3 is 14.0 Å². The molecule has 4 nitrogen and oxygen atoms in total. The van der Waals surface area contributed by atoms with Gasteiger partial charge in [0.15, 0.2) is 30.1 Å². The van der Waals surface area contributed by atoms with E-state index in [1.165, 1.54) is 0 Å². The first kappa shape index (κ1) is 22.5. The number of hydrogen-bond donors (Lipinski definition) is 0. The van der Waals surface area contributed by atoms with E-state index in [-0.39, 0.29) is 0 Å². The molecule has 2 heterocycles. The molecule has 0 bridgehead atoms. The molecule has 0 aliphatic carbocycles. The number of pyridine rings is 1. The molecular formula is C33H22NO3P. The summed E-state index contributed by atoms with van der Waals surface area (Å²) in [6.07, 6.45) is 0. The van der Waals surface area contributed by atoms with Gasteiger partial charge in [-0.15, -0.1) is 0 Å². The standard InChI is InChI=1S/C33H22NO3P/c35-38(26-12-3-1-4-13-26,27-14-5-2-6-15-27)33-17-9-16-28(34-33)25-18-19-29-30(22-25)37-32-21-24-11-8-7-10-23(24)20-31(32)36-29/h1-22H. The second kappa shape index (κ2) is 9.02. The Morgan fingerprint density at radius 3 is 1.68 bits per heavy atom. The minimum absolute atomic E-state index is 0.541. The molecule has 182 valence electrons. The van der Waals surface area contributed by atoms with Crippen LogP contribution in [-0.2, 0) is 4.57 Å². The van der Waals surface area contributed by atoms with Crippen LogP contribution in [0.3, 0.4) is 0 Å². The van der Waals surface area contributed by atoms with Crippen molar-refractivity contribution >= 4 is 34.0 Å². The van der Waals surface area contributed by atoms with Crippen LogP contribution in [-0.4, -0.2) is 4.98 Å². The van der Waals surface area contributed by atoms with Crippen LogP contribution in [0.25, 0.3) is 22.0 Å². The van der Waals surface area contributed by atoms with E-state index < -0.39 is 7.14 Å². The normalized spacial score (nSPS) is 12.2. The Kier molecular flexibility index (Phi) is 5.35. The molecule has 1 aliphatic heterocycles. The van der Waals surface area contributed by atoms with Crippen molar-refractivity contribution in [2.75, 3.05) is 0 Å². The molecule has 0 spiro atoms. The molecule has 38 heavy (non-hydrogen) atoms. The van der Waals surface area contributed by atoms with Crippen molar-refractivity contribution < 1.29 is 14.0 Å². The molecule has 0 amide bonds. The highest BCUT2D eigenvalue weighted by Crippen LogP contribution is 2.48. The Morgan fingerprint density at radius 1 is 0.500 bits per heavy atom. The van der Waals surface area contributed by atoms with E-state index in [2.05, 4.69) is 12.1 Å². The predicted octanol–water partition coefficient (Wildman–Crippen LogP) is 7.44. The molecule has 1 aromatic heterocycles. The third-order valence-corrected chi connectivity index (χ3v) is 9.73. The lowest BCUT2D eigenvalue weighted by Gasteiger charge is -2.22. The van der Waals surface area contributed by atoms with Gasteiger partial charge >= 0.3 is 0 Å². The number of nitrogens with zero attached hydrogens (tertiary/aromatic N) is 1. The Balaban J connectivity index is 1.30. The number of aromatic nitrogens is 1. The fourth-order valence-electron chi connectivity index (χ4n) is 4.88. The van der Waals surface area contributed by atoms with Crippen molar-refractivity contribution in [3.63, 3.8) is 0 Å². The fourth-order valence-corrected chi connectivity index (χ4v) is 7.43. The van der Waals surface area contributed by atoms with Gasteiger partial charge in [0, 0.05) is 16.2 Å². The van der Waals surface area contributed by atoms with Gasteiger partial charge in [-0.1, -0.05) is 91.0 Å². The summed E-state index contributed by atoms with van der Waals surface area (Å²) in [5, 5.41) is 3.68. The zero-order valence-corrected chi connectivity index (χ0v) is 21.2. The summed E-state index contributed by atoms with van der Waals surface area (Å²) in [5.41, 5.74) is 2.11. The van der Waals surface area contributed by atoms with Crippen molar-refractivity contribution in [3.8, 4) is 34.3 Å². The van der Waals surface area contributed by atoms with Crippen LogP contribution in [0, 0.1) is 0 Å². The van der Waals surface area contributed by atoms with Crippen LogP contribution in [0.5, 0.6) is 23.0 Å². The molecule has 5 heteroatoms. The minimum Gasteiger partial charge on any atom is -0.449 e. The third-order valence-electron chi connectivity index (χ3n) is 6.79. The van der Waals surface area contributed by atoms with Crippen LogP contribution in [0.15, 0.2) is 133 Å². The number of ether oxygens (including phenoxy) is 2. The monoisotopic (exact) mass is 511 g/mol. The number of rotatable bonds is 4. The van der Waals surface area contributed by atoms with E-state index in [9.17, 15) is 4.57 Å². The summed E-state index contributed by atoms with van der Waals surface area (Å²) in [6.45, 7) is 0. The van der Waals surface area contributed by atoms with E-state index in [1.54, 1.807) is 0 Å². The molecule has 6 aromatic rings. The first-order valence-corrected chi connectivity index (χ1v) is 14.1. The maximum Gasteiger partial charge on any atom is 0.188 e. The lowest BCUT2D eigenvalue weighted by atomic mass is 10.1. The number of hydrogen-bond acceptors (Lipinski definition) is 4. The first-order chi connectivity index (χ1) is 18.7. The van der Waals surface area contributed by atoms with Crippen molar-refractivity contribution in [2.45, 2.75) is 0 Å². The second-order valence-electron chi connectivity index (χ2n) is 9.17. The van der Waals surface area contributed by atoms with Crippen molar-refractivity contribution in [1.29, 1.82) is 0 Å². The molecule has 0 fully saturated rings. The molecule has 5 aromatic carbocycles. The van der Waals surface area contributed by atoms with Crippen LogP contribution < -0.4 is 25.5 Å². The van der Waals surface area contributed by atoms with E-state index >= 15 is 0 Å². The number of fused-ring (bicyclic) bond motifs is 3. The van der Waals surface area contributed by atoms with Gasteiger partial charge in [0.1, 0.15) is 5.44 Å². The summed E-state index contributed by atoms with van der Waals surface area (Å²) in [7, 11) is -3.18. The fraction of sp³-hybridized carbons (Fsp3) is 0. The van der Waals surface area contributed by atoms with Crippen molar-refractivity contribution in [1.82, 2.24) is 4.98 Å². The van der Waals surface area contributed by atoms with Crippen molar-refractivity contribution in [3.05, 3.63) is 133 Å². The predicted molar refractivity (Wildman–Crippen MR) is 153 cm³/mol. The summed E-state index contributed by atoms with van der Waals surface area (Å²) in [4.78, 5) is 4.94. The molecule has 0 N–H and O–H groups in total. The van der Waals surface area contributed by atoms with Gasteiger partial charge in [-0.25, -0.2) is 4.98 Å². The van der Waals surface area contributed by atoms with E-state index in [1.807, 2.05) is 121 Å². The number of benzene rings is 5. The van der Waals surface area contributed by atoms with Gasteiger partial charge in [-0.05, 0) is 53.2 Å². The quantitative estimate of drug-likeness (QED) is 0.231. The molecule has 0 atom stereocenters. The maximum absolute atomic E-state index is 14.8. The summed E-state index contributed by atoms with van der Waals surface area (Å²) in [5.74, 6) is 2.63. The van der Waals surface area contributed by atoms with E-state index in [4.69, 9.17) is 14.5 Å². The highest BCUT2D eigenvalue weighted by molar-refractivity contribution is 7.85. The minimum atomic E-state index is -3.18. The van der Waals surface area contributed by atoms with Gasteiger partial charge in [0.2, 0.25) is 0 Å². The zero-order valence-electron chi connectivity index (χ0n) is 20.3. The third kappa shape index (κ3) is 3.78. The summed E-state index contributed by atoms with van der Waals surface area (Å²) in [6, 6.07) is 42.7. The average molecular weight is 512 g/mol. The molecule has 0 radical (unpaired) electrons. The lowest BCUT2D eigenvalue weighted by molar-refractivity contribution is 0.360. The zero-order chi connectivity index (χ0) is 25.5. The van der Waals surface area contributed by atoms with Gasteiger partial charge in [0.05, 0.1) is 5.69 Å². The molecular weight excluding hydrogens is 489 g/mol. The van der Waals surface area contributed by atoms with Crippen LogP contribution in [0.2, 0.25) is 0 Å². The first-order valence-electron chi connectivity index (χ1n) is 12.4. The molecule has 7 rings (SSSR count). The second-order valence-corrected chi connectivity index (χ2v) is 11.9. The Bertz CT molecular complexity index is 1810. The highest BCUT2D eigenvalue weighted by atomic mass is 31.2. The molecule has 0 unspecified atom stereocenters. The highest BCUT2D eigenvalue weighted by Gasteiger charge is 2.31. The summed E-state index contributed by atoms with van der Waals surface area (Å²) >= 11 is 0. The van der Waals surface area contributed by atoms with Gasteiger partial charge in [0.25, 0.3) is 0 Å². The van der Waals surface area contributed by atoms with Crippen LogP contribution in [0.1, 0.15) is 0 Å². The van der Waals surface area contributed by atoms with Gasteiger partial charge in [-0.2, -0.15) is 0 Å². The smallest absolute Gasteiger partial charge is 0.188 e. The van der Waals surface area contributed by atoms with Crippen LogP contribution >= 0.6 is 7.14 Å². The van der Waals surface area contributed by atoms with E-state index in [0.717, 1.165) is 26.9 Å². The Hall–Kier alpha value is -4.66. The maximum atomic E-state index is 14.8. The average Bonchev–Trinajstić information content (AvgIpc) is 2.99. The van der Waals surface area contributed by atoms with Crippen molar-refractivity contribution in [2.24, 2.45) is 0 Å². The molecule has 0 saturated carbocycles. The van der Waals surface area contributed by atoms with E-state index in [0.29, 0.717) is 34.1 Å². The SMILES string of the molecule is O=P(c1ccccc1)(c1ccccc1)c1cccc(-c2ccc3c(c2)Oc2cc4ccccc4cc2O3)n1. The topological polar surface area (TPSA) is 48.4 Å². The van der Waals surface area contributed by atoms with Gasteiger partial charge in [-0.3, -0.25) is 0 Å². The largest absolute Gasteiger partial charge is 0.449 e. The summed E-state index contributed by atoms with van der Waals surface area (Å²) < 4.78 is 27.2. The molecule has 0 saturated heterocycles. The molecule has 1 aliphatic rings. The lowest BCUT2D eigenvalue weighted by Crippen LogP contribution is -2.27. The van der Waals surface area contributed by atoms with Crippen LogP contribution in [0.4, 0.5) is 0 Å².